The van der Waals surface area contributed by atoms with E-state index in [0.717, 1.165) is 24.8 Å². The monoisotopic (exact) mass is 456 g/mol. The van der Waals surface area contributed by atoms with Crippen LogP contribution >= 0.6 is 24.0 Å². The van der Waals surface area contributed by atoms with E-state index >= 15 is 0 Å². The highest BCUT2D eigenvalue weighted by atomic mass is 32.2. The Hall–Kier alpha value is -2.19. The first-order chi connectivity index (χ1) is 14.8. The predicted molar refractivity (Wildman–Crippen MR) is 122 cm³/mol. The van der Waals surface area contributed by atoms with E-state index in [2.05, 4.69) is 5.43 Å². The molecule has 0 atom stereocenters. The van der Waals surface area contributed by atoms with Gasteiger partial charge in [0.25, 0.3) is 5.91 Å². The summed E-state index contributed by atoms with van der Waals surface area (Å²) in [6, 6.07) is 6.86. The lowest BCUT2D eigenvalue weighted by atomic mass is 9.49. The van der Waals surface area contributed by atoms with Gasteiger partial charge in [0, 0.05) is 6.92 Å². The lowest BCUT2D eigenvalue weighted by molar-refractivity contribution is -0.152. The number of nitrogens with one attached hydrogen (secondary N) is 1. The summed E-state index contributed by atoms with van der Waals surface area (Å²) in [5, 5.41) is 1.24. The second kappa shape index (κ2) is 7.74. The summed E-state index contributed by atoms with van der Waals surface area (Å²) in [5.41, 5.74) is 3.31. The number of amides is 2. The number of carbonyl (C=O) groups is 3. The van der Waals surface area contributed by atoms with Crippen molar-refractivity contribution in [2.45, 2.75) is 45.4 Å². The molecule has 31 heavy (non-hydrogen) atoms. The summed E-state index contributed by atoms with van der Waals surface area (Å²) >= 11 is 6.57. The lowest BCUT2D eigenvalue weighted by Crippen LogP contribution is -2.57. The zero-order chi connectivity index (χ0) is 21.8. The van der Waals surface area contributed by atoms with Gasteiger partial charge in [-0.25, -0.2) is 0 Å². The highest BCUT2D eigenvalue weighted by Gasteiger charge is 2.55. The number of rotatable bonds is 4. The van der Waals surface area contributed by atoms with Crippen LogP contribution in [0.25, 0.3) is 6.08 Å². The molecule has 8 heteroatoms. The number of benzene rings is 1. The average Bonchev–Trinajstić information content (AvgIpc) is 2.95. The van der Waals surface area contributed by atoms with Crippen LogP contribution in [0.5, 0.6) is 5.75 Å². The summed E-state index contributed by atoms with van der Waals surface area (Å²) < 4.78 is 5.37. The van der Waals surface area contributed by atoms with Crippen molar-refractivity contribution in [1.82, 2.24) is 10.4 Å². The van der Waals surface area contributed by atoms with Crippen molar-refractivity contribution in [2.75, 3.05) is 0 Å². The highest BCUT2D eigenvalue weighted by molar-refractivity contribution is 8.26. The van der Waals surface area contributed by atoms with Crippen LogP contribution in [0.2, 0.25) is 0 Å². The SMILES string of the molecule is CC(=O)Oc1ccc(/C=C2/SC(=S)N(NC(=O)C34CC5CC(CC(C5)C3)C4)C2=O)cc1. The fourth-order valence-electron chi connectivity index (χ4n) is 6.12. The summed E-state index contributed by atoms with van der Waals surface area (Å²) in [7, 11) is 0. The Bertz CT molecular complexity index is 966. The van der Waals surface area contributed by atoms with E-state index in [1.807, 2.05) is 0 Å². The zero-order valence-electron chi connectivity index (χ0n) is 17.3. The lowest BCUT2D eigenvalue weighted by Gasteiger charge is -2.55. The highest BCUT2D eigenvalue weighted by Crippen LogP contribution is 2.60. The van der Waals surface area contributed by atoms with Gasteiger partial charge >= 0.3 is 5.97 Å². The van der Waals surface area contributed by atoms with Crippen molar-refractivity contribution < 1.29 is 19.1 Å². The van der Waals surface area contributed by atoms with E-state index in [-0.39, 0.29) is 23.2 Å². The van der Waals surface area contributed by atoms with Crippen LogP contribution in [0.15, 0.2) is 29.2 Å². The number of hydrogen-bond acceptors (Lipinski definition) is 6. The first-order valence-corrected chi connectivity index (χ1v) is 11.9. The second-order valence-electron chi connectivity index (χ2n) is 9.32. The van der Waals surface area contributed by atoms with E-state index in [9.17, 15) is 14.4 Å². The molecule has 4 bridgehead atoms. The maximum atomic E-state index is 13.3. The molecule has 6 nitrogen and oxygen atoms in total. The largest absolute Gasteiger partial charge is 0.427 e. The molecule has 5 aliphatic rings. The molecule has 162 valence electrons. The molecule has 1 aromatic rings. The molecule has 4 aliphatic carbocycles. The molecule has 5 fully saturated rings. The molecule has 0 spiro atoms. The topological polar surface area (TPSA) is 75.7 Å². The van der Waals surface area contributed by atoms with Gasteiger partial charge in [-0.1, -0.05) is 23.9 Å². The standard InChI is InChI=1S/C23H24N2O4S2/c1-13(26)29-18-4-2-14(3-5-18)9-19-20(27)25(22(30)31-19)24-21(28)23-10-15-6-16(11-23)8-17(7-15)12-23/h2-5,9,15-17H,6-8,10-12H2,1H3,(H,24,28)/b19-9+. The number of ether oxygens (including phenoxy) is 1. The van der Waals surface area contributed by atoms with Crippen LogP contribution in [0.1, 0.15) is 51.0 Å². The predicted octanol–water partition coefficient (Wildman–Crippen LogP) is 4.06. The van der Waals surface area contributed by atoms with Gasteiger partial charge in [0.05, 0.1) is 10.3 Å². The van der Waals surface area contributed by atoms with Gasteiger partial charge in [0.2, 0.25) is 5.91 Å². The van der Waals surface area contributed by atoms with Gasteiger partial charge in [-0.15, -0.1) is 0 Å². The average molecular weight is 457 g/mol. The van der Waals surface area contributed by atoms with Crippen LogP contribution in [0, 0.1) is 23.2 Å². The van der Waals surface area contributed by atoms with Gasteiger partial charge in [-0.05, 0) is 92.3 Å². The zero-order valence-corrected chi connectivity index (χ0v) is 18.9. The number of hydrazine groups is 1. The van der Waals surface area contributed by atoms with E-state index < -0.39 is 0 Å². The molecule has 0 unspecified atom stereocenters. The van der Waals surface area contributed by atoms with Crippen LogP contribution < -0.4 is 10.2 Å². The summed E-state index contributed by atoms with van der Waals surface area (Å²) in [6.45, 7) is 1.34. The molecule has 0 radical (unpaired) electrons. The Balaban J connectivity index is 1.29. The first kappa shape index (κ1) is 20.7. The van der Waals surface area contributed by atoms with Gasteiger partial charge in [0.1, 0.15) is 5.75 Å². The molecule has 0 aromatic heterocycles. The number of thioether (sulfide) groups is 1. The molecule has 1 N–H and O–H groups in total. The quantitative estimate of drug-likeness (QED) is 0.319. The van der Waals surface area contributed by atoms with Crippen molar-refractivity contribution in [3.63, 3.8) is 0 Å². The van der Waals surface area contributed by atoms with Crippen molar-refractivity contribution in [2.24, 2.45) is 23.2 Å². The molecule has 1 heterocycles. The van der Waals surface area contributed by atoms with E-state index in [0.29, 0.717) is 32.7 Å². The number of carbonyl (C=O) groups excluding carboxylic acids is 3. The van der Waals surface area contributed by atoms with Gasteiger partial charge < -0.3 is 4.74 Å². The number of esters is 1. The van der Waals surface area contributed by atoms with Crippen LogP contribution in [-0.4, -0.2) is 27.1 Å². The van der Waals surface area contributed by atoms with Gasteiger partial charge in [-0.2, -0.15) is 5.01 Å². The Morgan fingerprint density at radius 2 is 1.71 bits per heavy atom. The molecular formula is C23H24N2O4S2. The minimum atomic E-state index is -0.386. The van der Waals surface area contributed by atoms with Gasteiger partial charge in [-0.3, -0.25) is 19.8 Å². The molecule has 6 rings (SSSR count). The van der Waals surface area contributed by atoms with Crippen molar-refractivity contribution in [3.05, 3.63) is 34.7 Å². The smallest absolute Gasteiger partial charge is 0.308 e. The Morgan fingerprint density at radius 3 is 2.26 bits per heavy atom. The van der Waals surface area contributed by atoms with E-state index in [1.54, 1.807) is 30.3 Å². The summed E-state index contributed by atoms with van der Waals surface area (Å²) in [4.78, 5) is 37.8. The third-order valence-corrected chi connectivity index (χ3v) is 8.27. The molecule has 4 saturated carbocycles. The first-order valence-electron chi connectivity index (χ1n) is 10.7. The minimum absolute atomic E-state index is 0.0464. The number of thiocarbonyl (C=S) groups is 1. The van der Waals surface area contributed by atoms with Gasteiger partial charge in [0.15, 0.2) is 4.32 Å². The summed E-state index contributed by atoms with van der Waals surface area (Å²) in [6.07, 6.45) is 8.30. The maximum absolute atomic E-state index is 13.3. The minimum Gasteiger partial charge on any atom is -0.427 e. The molecule has 1 saturated heterocycles. The third kappa shape index (κ3) is 3.91. The molecule has 2 amide bonds. The van der Waals surface area contributed by atoms with Crippen molar-refractivity contribution >= 4 is 52.2 Å². The Morgan fingerprint density at radius 1 is 1.13 bits per heavy atom. The van der Waals surface area contributed by atoms with Crippen LogP contribution in [-0.2, 0) is 14.4 Å². The van der Waals surface area contributed by atoms with Crippen LogP contribution in [0.3, 0.4) is 0 Å². The van der Waals surface area contributed by atoms with E-state index in [1.165, 1.54) is 43.0 Å². The fourth-order valence-corrected chi connectivity index (χ4v) is 7.30. The Labute approximate surface area is 190 Å². The van der Waals surface area contributed by atoms with E-state index in [4.69, 9.17) is 17.0 Å². The number of hydrogen-bond donors (Lipinski definition) is 1. The van der Waals surface area contributed by atoms with Crippen molar-refractivity contribution in [3.8, 4) is 5.75 Å². The molecule has 1 aromatic carbocycles. The van der Waals surface area contributed by atoms with Crippen molar-refractivity contribution in [1.29, 1.82) is 0 Å². The Kier molecular flexibility index (Phi) is 5.17. The third-order valence-electron chi connectivity index (χ3n) is 6.97. The molecule has 1 aliphatic heterocycles. The van der Waals surface area contributed by atoms with Crippen LogP contribution in [0.4, 0.5) is 0 Å². The fraction of sp³-hybridized carbons (Fsp3) is 0.478. The second-order valence-corrected chi connectivity index (χ2v) is 11.0. The normalized spacial score (nSPS) is 32.6. The summed E-state index contributed by atoms with van der Waals surface area (Å²) in [5.74, 6) is 1.66. The number of nitrogens with zero attached hydrogens (tertiary/aromatic N) is 1. The molecular weight excluding hydrogens is 432 g/mol. The maximum Gasteiger partial charge on any atom is 0.308 e.